The number of halogens is 1. The maximum absolute atomic E-state index is 13.9. The number of hydrogen-bond donors (Lipinski definition) is 0. The van der Waals surface area contributed by atoms with Crippen LogP contribution in [0.5, 0.6) is 0 Å². The smallest absolute Gasteiger partial charge is 0.131 e. The van der Waals surface area contributed by atoms with Gasteiger partial charge in [-0.1, -0.05) is 49.4 Å². The van der Waals surface area contributed by atoms with Gasteiger partial charge in [-0.05, 0) is 17.2 Å². The summed E-state index contributed by atoms with van der Waals surface area (Å²) >= 11 is 0. The molecule has 2 rings (SSSR count). The molecule has 2 aromatic carbocycles. The van der Waals surface area contributed by atoms with Crippen molar-refractivity contribution in [1.82, 2.24) is 0 Å². The first kappa shape index (κ1) is 11.5. The van der Waals surface area contributed by atoms with E-state index in [2.05, 4.69) is 0 Å². The van der Waals surface area contributed by atoms with Crippen LogP contribution in [0.1, 0.15) is 18.4 Å². The number of carbonyl (C=O) groups excluding carboxylic acids is 1. The van der Waals surface area contributed by atoms with Crippen molar-refractivity contribution in [2.45, 2.75) is 12.8 Å². The van der Waals surface area contributed by atoms with Gasteiger partial charge in [-0.2, -0.15) is 0 Å². The van der Waals surface area contributed by atoms with Crippen LogP contribution in [0.25, 0.3) is 11.1 Å². The van der Waals surface area contributed by atoms with Gasteiger partial charge in [0.2, 0.25) is 0 Å². The van der Waals surface area contributed by atoms with Gasteiger partial charge in [0.05, 0.1) is 0 Å². The standard InChI is InChI=1S/C15H13FO/c1-11(10-17)13-7-8-14(15(16)9-13)12-5-3-2-4-6-12/h2-11H,1H3/t11-/m1/s1. The molecule has 1 nitrogen and oxygen atoms in total. The van der Waals surface area contributed by atoms with Crippen LogP contribution in [-0.4, -0.2) is 6.29 Å². The molecule has 0 N–H and O–H groups in total. The van der Waals surface area contributed by atoms with Crippen molar-refractivity contribution in [2.24, 2.45) is 0 Å². The number of hydrogen-bond acceptors (Lipinski definition) is 1. The van der Waals surface area contributed by atoms with E-state index in [4.69, 9.17) is 0 Å². The molecule has 0 heterocycles. The average molecular weight is 228 g/mol. The monoisotopic (exact) mass is 228 g/mol. The van der Waals surface area contributed by atoms with E-state index in [1.165, 1.54) is 6.07 Å². The number of rotatable bonds is 3. The highest BCUT2D eigenvalue weighted by molar-refractivity contribution is 5.67. The Bertz CT molecular complexity index is 520. The van der Waals surface area contributed by atoms with Crippen LogP contribution in [0.4, 0.5) is 4.39 Å². The molecule has 0 aliphatic carbocycles. The predicted molar refractivity (Wildman–Crippen MR) is 66.3 cm³/mol. The molecular weight excluding hydrogens is 215 g/mol. The predicted octanol–water partition coefficient (Wildman–Crippen LogP) is 3.80. The average Bonchev–Trinajstić information content (AvgIpc) is 2.38. The Kier molecular flexibility index (Phi) is 3.33. The molecule has 0 amide bonds. The maximum Gasteiger partial charge on any atom is 0.131 e. The molecule has 1 atom stereocenters. The van der Waals surface area contributed by atoms with Crippen LogP contribution < -0.4 is 0 Å². The molecule has 0 aliphatic rings. The maximum atomic E-state index is 13.9. The minimum Gasteiger partial charge on any atom is -0.303 e. The Morgan fingerprint density at radius 3 is 2.41 bits per heavy atom. The lowest BCUT2D eigenvalue weighted by atomic mass is 9.98. The lowest BCUT2D eigenvalue weighted by Gasteiger charge is -2.08. The first-order valence-corrected chi connectivity index (χ1v) is 5.52. The topological polar surface area (TPSA) is 17.1 Å². The van der Waals surface area contributed by atoms with E-state index in [-0.39, 0.29) is 11.7 Å². The largest absolute Gasteiger partial charge is 0.303 e. The number of carbonyl (C=O) groups is 1. The van der Waals surface area contributed by atoms with Gasteiger partial charge < -0.3 is 4.79 Å². The first-order valence-electron chi connectivity index (χ1n) is 5.52. The van der Waals surface area contributed by atoms with Crippen molar-refractivity contribution in [3.63, 3.8) is 0 Å². The summed E-state index contributed by atoms with van der Waals surface area (Å²) in [5.74, 6) is -0.559. The van der Waals surface area contributed by atoms with Crippen LogP contribution >= 0.6 is 0 Å². The number of aldehydes is 1. The fraction of sp³-hybridized carbons (Fsp3) is 0.133. The van der Waals surface area contributed by atoms with Crippen LogP contribution in [0.2, 0.25) is 0 Å². The Labute approximate surface area is 99.9 Å². The lowest BCUT2D eigenvalue weighted by Crippen LogP contribution is -1.96. The molecule has 0 aliphatic heterocycles. The molecule has 2 heteroatoms. The van der Waals surface area contributed by atoms with Gasteiger partial charge in [0.25, 0.3) is 0 Å². The minimum atomic E-state index is -0.289. The van der Waals surface area contributed by atoms with Gasteiger partial charge >= 0.3 is 0 Å². The third-order valence-electron chi connectivity index (χ3n) is 2.81. The summed E-state index contributed by atoms with van der Waals surface area (Å²) in [5.41, 5.74) is 2.11. The highest BCUT2D eigenvalue weighted by atomic mass is 19.1. The van der Waals surface area contributed by atoms with E-state index < -0.39 is 0 Å². The Morgan fingerprint density at radius 2 is 1.82 bits per heavy atom. The fourth-order valence-corrected chi connectivity index (χ4v) is 1.74. The molecule has 86 valence electrons. The molecule has 0 spiro atoms. The highest BCUT2D eigenvalue weighted by Crippen LogP contribution is 2.25. The van der Waals surface area contributed by atoms with E-state index in [9.17, 15) is 9.18 Å². The van der Waals surface area contributed by atoms with Gasteiger partial charge in [-0.25, -0.2) is 4.39 Å². The second-order valence-electron chi connectivity index (χ2n) is 4.03. The summed E-state index contributed by atoms with van der Waals surface area (Å²) in [6.45, 7) is 1.75. The second-order valence-corrected chi connectivity index (χ2v) is 4.03. The van der Waals surface area contributed by atoms with E-state index in [0.29, 0.717) is 11.1 Å². The van der Waals surface area contributed by atoms with Crippen LogP contribution in [-0.2, 0) is 4.79 Å². The van der Waals surface area contributed by atoms with E-state index in [1.54, 1.807) is 19.1 Å². The second kappa shape index (κ2) is 4.91. The Morgan fingerprint density at radius 1 is 1.12 bits per heavy atom. The summed E-state index contributed by atoms with van der Waals surface area (Å²) < 4.78 is 13.9. The molecule has 0 bridgehead atoms. The van der Waals surface area contributed by atoms with E-state index in [0.717, 1.165) is 11.8 Å². The Balaban J connectivity index is 2.42. The van der Waals surface area contributed by atoms with Crippen molar-refractivity contribution >= 4 is 6.29 Å². The zero-order valence-electron chi connectivity index (χ0n) is 9.56. The SMILES string of the molecule is C[C@H](C=O)c1ccc(-c2ccccc2)c(F)c1. The fourth-order valence-electron chi connectivity index (χ4n) is 1.74. The Hall–Kier alpha value is -1.96. The molecular formula is C15H13FO. The quantitative estimate of drug-likeness (QED) is 0.730. The molecule has 0 saturated heterocycles. The van der Waals surface area contributed by atoms with Crippen molar-refractivity contribution in [3.8, 4) is 11.1 Å². The normalized spacial score (nSPS) is 12.1. The number of benzene rings is 2. The molecule has 0 fully saturated rings. The van der Waals surface area contributed by atoms with Crippen molar-refractivity contribution in [3.05, 3.63) is 59.9 Å². The lowest BCUT2D eigenvalue weighted by molar-refractivity contribution is -0.108. The summed E-state index contributed by atoms with van der Waals surface area (Å²) in [5, 5.41) is 0. The zero-order chi connectivity index (χ0) is 12.3. The van der Waals surface area contributed by atoms with Crippen LogP contribution in [0, 0.1) is 5.82 Å². The van der Waals surface area contributed by atoms with Gasteiger partial charge in [-0.15, -0.1) is 0 Å². The van der Waals surface area contributed by atoms with E-state index >= 15 is 0 Å². The third-order valence-corrected chi connectivity index (χ3v) is 2.81. The summed E-state index contributed by atoms with van der Waals surface area (Å²) in [7, 11) is 0. The zero-order valence-corrected chi connectivity index (χ0v) is 9.56. The van der Waals surface area contributed by atoms with Gasteiger partial charge in [0.1, 0.15) is 12.1 Å². The molecule has 0 unspecified atom stereocenters. The van der Waals surface area contributed by atoms with Crippen LogP contribution in [0.15, 0.2) is 48.5 Å². The summed E-state index contributed by atoms with van der Waals surface area (Å²) in [4.78, 5) is 10.6. The van der Waals surface area contributed by atoms with Gasteiger partial charge in [0, 0.05) is 11.5 Å². The van der Waals surface area contributed by atoms with Crippen molar-refractivity contribution in [1.29, 1.82) is 0 Å². The van der Waals surface area contributed by atoms with Gasteiger partial charge in [0.15, 0.2) is 0 Å². The van der Waals surface area contributed by atoms with E-state index in [1.807, 2.05) is 30.3 Å². The first-order chi connectivity index (χ1) is 8.22. The van der Waals surface area contributed by atoms with Crippen molar-refractivity contribution in [2.75, 3.05) is 0 Å². The van der Waals surface area contributed by atoms with Crippen molar-refractivity contribution < 1.29 is 9.18 Å². The molecule has 0 saturated carbocycles. The molecule has 2 aromatic rings. The van der Waals surface area contributed by atoms with Gasteiger partial charge in [-0.3, -0.25) is 0 Å². The van der Waals surface area contributed by atoms with Crippen LogP contribution in [0.3, 0.4) is 0 Å². The summed E-state index contributed by atoms with van der Waals surface area (Å²) in [6, 6.07) is 14.3. The third kappa shape index (κ3) is 2.41. The molecule has 0 radical (unpaired) electrons. The highest BCUT2D eigenvalue weighted by Gasteiger charge is 2.09. The molecule has 0 aromatic heterocycles. The molecule has 17 heavy (non-hydrogen) atoms. The minimum absolute atomic E-state index is 0.269. The summed E-state index contributed by atoms with van der Waals surface area (Å²) in [6.07, 6.45) is 0.816.